The van der Waals surface area contributed by atoms with Gasteiger partial charge in [-0.05, 0) is 67.8 Å². The zero-order valence-corrected chi connectivity index (χ0v) is 27.2. The van der Waals surface area contributed by atoms with Gasteiger partial charge in [0.1, 0.15) is 11.7 Å². The number of amides is 6. The van der Waals surface area contributed by atoms with Gasteiger partial charge in [0.05, 0.1) is 16.8 Å². The van der Waals surface area contributed by atoms with Crippen molar-refractivity contribution in [2.75, 3.05) is 23.7 Å². The average Bonchev–Trinajstić information content (AvgIpc) is 3.68. The first-order valence-electron chi connectivity index (χ1n) is 15.9. The van der Waals surface area contributed by atoms with Gasteiger partial charge >= 0.3 is 0 Å². The van der Waals surface area contributed by atoms with E-state index in [9.17, 15) is 28.8 Å². The minimum absolute atomic E-state index is 0.0658. The average molecular weight is 680 g/mol. The summed E-state index contributed by atoms with van der Waals surface area (Å²) in [6.45, 7) is 1.06. The van der Waals surface area contributed by atoms with E-state index in [0.29, 0.717) is 40.7 Å². The topological polar surface area (TPSA) is 180 Å². The Kier molecular flexibility index (Phi) is 10.1. The molecular weight excluding hydrogens is 646 g/mol. The van der Waals surface area contributed by atoms with Gasteiger partial charge in [-0.25, -0.2) is 4.98 Å². The first-order chi connectivity index (χ1) is 23.8. The molecule has 0 radical (unpaired) electrons. The quantitative estimate of drug-likeness (QED) is 0.119. The van der Waals surface area contributed by atoms with Gasteiger partial charge in [0.15, 0.2) is 5.13 Å². The summed E-state index contributed by atoms with van der Waals surface area (Å²) < 4.78 is 0. The van der Waals surface area contributed by atoms with E-state index in [1.807, 2.05) is 23.6 Å². The van der Waals surface area contributed by atoms with Crippen LogP contribution in [0.4, 0.5) is 10.8 Å². The Morgan fingerprint density at radius 1 is 0.837 bits per heavy atom. The first kappa shape index (κ1) is 33.2. The molecule has 1 saturated heterocycles. The summed E-state index contributed by atoms with van der Waals surface area (Å²) in [4.78, 5) is 85.0. The molecule has 250 valence electrons. The van der Waals surface area contributed by atoms with Gasteiger partial charge in [0.2, 0.25) is 11.8 Å². The van der Waals surface area contributed by atoms with E-state index in [4.69, 9.17) is 0 Å². The van der Waals surface area contributed by atoms with Gasteiger partial charge in [-0.2, -0.15) is 0 Å². The fourth-order valence-corrected chi connectivity index (χ4v) is 6.40. The van der Waals surface area contributed by atoms with Gasteiger partial charge in [-0.15, -0.1) is 11.3 Å². The maximum absolute atomic E-state index is 13.2. The maximum atomic E-state index is 13.2. The van der Waals surface area contributed by atoms with Crippen LogP contribution in [0, 0.1) is 0 Å². The van der Waals surface area contributed by atoms with Gasteiger partial charge < -0.3 is 10.6 Å². The van der Waals surface area contributed by atoms with Crippen molar-refractivity contribution in [3.05, 3.63) is 94.5 Å². The van der Waals surface area contributed by atoms with E-state index < -0.39 is 29.7 Å². The van der Waals surface area contributed by atoms with Crippen molar-refractivity contribution in [2.45, 2.75) is 44.6 Å². The maximum Gasteiger partial charge on any atom is 0.264 e. The molecule has 2 aliphatic rings. The number of carbonyl (C=O) groups excluding carboxylic acids is 6. The molecular formula is C35H33N7O6S. The van der Waals surface area contributed by atoms with Gasteiger partial charge in [0, 0.05) is 47.9 Å². The molecule has 49 heavy (non-hydrogen) atoms. The number of carbonyl (C=O) groups is 6. The zero-order valence-electron chi connectivity index (χ0n) is 26.4. The van der Waals surface area contributed by atoms with Crippen LogP contribution < -0.4 is 21.3 Å². The van der Waals surface area contributed by atoms with Crippen molar-refractivity contribution in [3.8, 4) is 11.4 Å². The fourth-order valence-electron chi connectivity index (χ4n) is 5.70. The van der Waals surface area contributed by atoms with Gasteiger partial charge in [-0.1, -0.05) is 25.0 Å². The first-order valence-corrected chi connectivity index (χ1v) is 16.8. The number of pyridine rings is 1. The zero-order chi connectivity index (χ0) is 34.3. The van der Waals surface area contributed by atoms with Crippen LogP contribution in [0.5, 0.6) is 0 Å². The molecule has 0 spiro atoms. The molecule has 2 aromatic carbocycles. The van der Waals surface area contributed by atoms with Crippen LogP contribution in [0.15, 0.2) is 72.2 Å². The molecule has 4 heterocycles. The lowest BCUT2D eigenvalue weighted by atomic mass is 10.0. The fraction of sp³-hybridized carbons (Fsp3) is 0.257. The normalized spacial score (nSPS) is 15.5. The highest BCUT2D eigenvalue weighted by Gasteiger charge is 2.45. The number of aromatic nitrogens is 2. The number of rotatable bonds is 13. The van der Waals surface area contributed by atoms with Crippen LogP contribution in [0.2, 0.25) is 0 Å². The number of benzene rings is 2. The molecule has 1 unspecified atom stereocenters. The van der Waals surface area contributed by atoms with Crippen molar-refractivity contribution in [1.82, 2.24) is 25.5 Å². The lowest BCUT2D eigenvalue weighted by Crippen LogP contribution is -2.54. The molecule has 4 aromatic rings. The number of fused-ring (bicyclic) bond motifs is 1. The van der Waals surface area contributed by atoms with Crippen LogP contribution in [-0.4, -0.2) is 69.4 Å². The molecule has 6 amide bonds. The van der Waals surface area contributed by atoms with E-state index in [0.717, 1.165) is 36.3 Å². The Labute approximate surface area is 285 Å². The summed E-state index contributed by atoms with van der Waals surface area (Å²) in [5, 5.41) is 13.4. The predicted octanol–water partition coefficient (Wildman–Crippen LogP) is 4.26. The number of anilines is 2. The third-order valence-electron chi connectivity index (χ3n) is 8.23. The molecule has 0 bridgehead atoms. The van der Waals surface area contributed by atoms with E-state index >= 15 is 0 Å². The standard InChI is InChI=1S/C35H33N7O6S/c43-28-16-15-27(32(46)40-28)42-33(47)23-8-7-10-25(29(23)34(42)48)37-17-4-1-2-5-19-38-30(44)21-11-13-22(14-12-21)31(45)41-35-39-26(20-49-35)24-9-3-6-18-36-24/h3,6-14,18,20,27,37H,1-2,4-5,15-17,19H2,(H,38,44)(H,39,41,45)(H,40,43,46). The van der Waals surface area contributed by atoms with Gasteiger partial charge in [0.25, 0.3) is 23.6 Å². The lowest BCUT2D eigenvalue weighted by Gasteiger charge is -2.27. The largest absolute Gasteiger partial charge is 0.384 e. The smallest absolute Gasteiger partial charge is 0.264 e. The molecule has 2 aliphatic heterocycles. The van der Waals surface area contributed by atoms with Crippen LogP contribution in [0.25, 0.3) is 11.4 Å². The summed E-state index contributed by atoms with van der Waals surface area (Å²) in [6, 6.07) is 15.9. The van der Waals surface area contributed by atoms with Crippen molar-refractivity contribution in [2.24, 2.45) is 0 Å². The van der Waals surface area contributed by atoms with E-state index in [-0.39, 0.29) is 35.8 Å². The minimum Gasteiger partial charge on any atom is -0.384 e. The predicted molar refractivity (Wildman–Crippen MR) is 182 cm³/mol. The molecule has 1 atom stereocenters. The number of imide groups is 2. The van der Waals surface area contributed by atoms with Crippen molar-refractivity contribution >= 4 is 57.6 Å². The minimum atomic E-state index is -1.01. The second kappa shape index (κ2) is 15.0. The molecule has 0 saturated carbocycles. The van der Waals surface area contributed by atoms with Gasteiger partial charge in [-0.3, -0.25) is 49.3 Å². The Bertz CT molecular complexity index is 1910. The van der Waals surface area contributed by atoms with E-state index in [1.54, 1.807) is 48.7 Å². The van der Waals surface area contributed by atoms with Crippen molar-refractivity contribution < 1.29 is 28.8 Å². The summed E-state index contributed by atoms with van der Waals surface area (Å²) in [6.07, 6.45) is 5.17. The highest BCUT2D eigenvalue weighted by molar-refractivity contribution is 7.14. The molecule has 0 aliphatic carbocycles. The Balaban J connectivity index is 0.894. The second-order valence-electron chi connectivity index (χ2n) is 11.6. The molecule has 1 fully saturated rings. The van der Waals surface area contributed by atoms with Crippen LogP contribution in [0.3, 0.4) is 0 Å². The Morgan fingerprint density at radius 3 is 2.33 bits per heavy atom. The number of nitrogens with one attached hydrogen (secondary N) is 4. The van der Waals surface area contributed by atoms with Crippen LogP contribution >= 0.6 is 11.3 Å². The Hall–Kier alpha value is -5.76. The van der Waals surface area contributed by atoms with Crippen LogP contribution in [-0.2, 0) is 9.59 Å². The molecule has 13 nitrogen and oxygen atoms in total. The highest BCUT2D eigenvalue weighted by atomic mass is 32.1. The summed E-state index contributed by atoms with van der Waals surface area (Å²) in [5.74, 6) is -2.69. The third-order valence-corrected chi connectivity index (χ3v) is 8.99. The molecule has 14 heteroatoms. The third kappa shape index (κ3) is 7.54. The number of nitrogens with zero attached hydrogens (tertiary/aromatic N) is 3. The summed E-state index contributed by atoms with van der Waals surface area (Å²) in [5.41, 5.74) is 3.26. The number of hydrogen-bond donors (Lipinski definition) is 4. The second-order valence-corrected chi connectivity index (χ2v) is 12.4. The lowest BCUT2D eigenvalue weighted by molar-refractivity contribution is -0.136. The number of piperidine rings is 1. The number of unbranched alkanes of at least 4 members (excludes halogenated alkanes) is 3. The molecule has 6 rings (SSSR count). The molecule has 4 N–H and O–H groups in total. The monoisotopic (exact) mass is 679 g/mol. The van der Waals surface area contributed by atoms with Crippen LogP contribution in [0.1, 0.15) is 80.0 Å². The molecule has 2 aromatic heterocycles. The van der Waals surface area contributed by atoms with E-state index in [1.165, 1.54) is 11.3 Å². The number of thiazole rings is 1. The van der Waals surface area contributed by atoms with Crippen molar-refractivity contribution in [3.63, 3.8) is 0 Å². The van der Waals surface area contributed by atoms with Crippen molar-refractivity contribution in [1.29, 1.82) is 0 Å². The highest BCUT2D eigenvalue weighted by Crippen LogP contribution is 2.32. The number of hydrogen-bond acceptors (Lipinski definition) is 10. The Morgan fingerprint density at radius 2 is 1.59 bits per heavy atom. The summed E-state index contributed by atoms with van der Waals surface area (Å²) >= 11 is 1.31. The van der Waals surface area contributed by atoms with E-state index in [2.05, 4.69) is 31.2 Å². The summed E-state index contributed by atoms with van der Waals surface area (Å²) in [7, 11) is 0. The SMILES string of the molecule is O=C1CCC(N2C(=O)c3cccc(NCCCCCCNC(=O)c4ccc(C(=O)Nc5nc(-c6ccccn6)cs5)cc4)c3C2=O)C(=O)N1.